The number of nitrogens with one attached hydrogen (secondary N) is 1. The van der Waals surface area contributed by atoms with E-state index in [2.05, 4.69) is 5.32 Å². The first-order valence-corrected chi connectivity index (χ1v) is 9.32. The van der Waals surface area contributed by atoms with E-state index in [1.807, 2.05) is 0 Å². The van der Waals surface area contributed by atoms with Crippen LogP contribution in [0.5, 0.6) is 11.5 Å². The monoisotopic (exact) mass is 429 g/mol. The van der Waals surface area contributed by atoms with E-state index in [4.69, 9.17) is 32.7 Å². The highest BCUT2D eigenvalue weighted by Gasteiger charge is 2.19. The molecule has 29 heavy (non-hydrogen) atoms. The molecule has 0 saturated heterocycles. The van der Waals surface area contributed by atoms with Crippen LogP contribution in [0.3, 0.4) is 0 Å². The highest BCUT2D eigenvalue weighted by Crippen LogP contribution is 2.29. The Morgan fingerprint density at radius 3 is 2.24 bits per heavy atom. The van der Waals surface area contributed by atoms with E-state index in [1.54, 1.807) is 54.6 Å². The summed E-state index contributed by atoms with van der Waals surface area (Å²) in [7, 11) is 3.00. The predicted molar refractivity (Wildman–Crippen MR) is 114 cm³/mol. The normalized spacial score (nSPS) is 10.3. The van der Waals surface area contributed by atoms with Crippen molar-refractivity contribution in [2.75, 3.05) is 19.5 Å². The van der Waals surface area contributed by atoms with Gasteiger partial charge in [0.2, 0.25) is 0 Å². The molecule has 1 N–H and O–H groups in total. The minimum atomic E-state index is -0.415. The van der Waals surface area contributed by atoms with Crippen LogP contribution in [0.15, 0.2) is 60.7 Å². The largest absolute Gasteiger partial charge is 0.493 e. The summed E-state index contributed by atoms with van der Waals surface area (Å²) < 4.78 is 10.4. The van der Waals surface area contributed by atoms with Crippen molar-refractivity contribution in [1.82, 2.24) is 0 Å². The van der Waals surface area contributed by atoms with E-state index in [-0.39, 0.29) is 11.3 Å². The van der Waals surface area contributed by atoms with E-state index in [1.165, 1.54) is 20.3 Å². The van der Waals surface area contributed by atoms with Crippen LogP contribution in [0.4, 0.5) is 5.69 Å². The first-order chi connectivity index (χ1) is 13.9. The lowest BCUT2D eigenvalue weighted by Crippen LogP contribution is -2.15. The van der Waals surface area contributed by atoms with E-state index in [9.17, 15) is 9.59 Å². The fourth-order valence-electron chi connectivity index (χ4n) is 2.78. The molecule has 3 rings (SSSR count). The SMILES string of the molecule is COc1ccc(C(=O)Nc2ccc(Cl)cc2C(=O)c2ccccc2Cl)cc1OC. The molecule has 0 atom stereocenters. The van der Waals surface area contributed by atoms with E-state index in [0.717, 1.165) is 0 Å². The summed E-state index contributed by atoms with van der Waals surface area (Å²) in [6.45, 7) is 0. The van der Waals surface area contributed by atoms with Gasteiger partial charge in [-0.3, -0.25) is 9.59 Å². The van der Waals surface area contributed by atoms with Crippen molar-refractivity contribution in [3.63, 3.8) is 0 Å². The van der Waals surface area contributed by atoms with E-state index < -0.39 is 5.91 Å². The zero-order chi connectivity index (χ0) is 21.0. The average molecular weight is 430 g/mol. The Labute approximate surface area is 178 Å². The fourth-order valence-corrected chi connectivity index (χ4v) is 3.17. The van der Waals surface area contributed by atoms with E-state index >= 15 is 0 Å². The number of benzene rings is 3. The van der Waals surface area contributed by atoms with Gasteiger partial charge in [0.05, 0.1) is 24.9 Å². The van der Waals surface area contributed by atoms with Gasteiger partial charge in [-0.05, 0) is 48.5 Å². The van der Waals surface area contributed by atoms with Crippen LogP contribution in [0.1, 0.15) is 26.3 Å². The van der Waals surface area contributed by atoms with Gasteiger partial charge in [0, 0.05) is 21.7 Å². The summed E-state index contributed by atoms with van der Waals surface area (Å²) in [5, 5.41) is 3.43. The third-order valence-corrected chi connectivity index (χ3v) is 4.80. The van der Waals surface area contributed by atoms with Crippen molar-refractivity contribution < 1.29 is 19.1 Å². The molecule has 0 aliphatic heterocycles. The average Bonchev–Trinajstić information content (AvgIpc) is 2.74. The Morgan fingerprint density at radius 1 is 0.828 bits per heavy atom. The maximum absolute atomic E-state index is 13.0. The third kappa shape index (κ3) is 4.53. The zero-order valence-electron chi connectivity index (χ0n) is 15.7. The molecule has 5 nitrogen and oxygen atoms in total. The Hall–Kier alpha value is -3.02. The van der Waals surface area contributed by atoms with Crippen LogP contribution in [0.25, 0.3) is 0 Å². The summed E-state index contributed by atoms with van der Waals surface area (Å²) in [5.41, 5.74) is 1.21. The Bertz CT molecular complexity index is 1080. The molecule has 7 heteroatoms. The van der Waals surface area contributed by atoms with Crippen molar-refractivity contribution >= 4 is 40.6 Å². The van der Waals surface area contributed by atoms with E-state index in [0.29, 0.717) is 38.4 Å². The molecule has 3 aromatic carbocycles. The lowest BCUT2D eigenvalue weighted by Gasteiger charge is -2.13. The summed E-state index contributed by atoms with van der Waals surface area (Å²) >= 11 is 12.2. The Balaban J connectivity index is 1.95. The van der Waals surface area contributed by atoms with Crippen LogP contribution < -0.4 is 14.8 Å². The molecule has 148 valence electrons. The maximum atomic E-state index is 13.0. The standard InChI is InChI=1S/C22H17Cl2NO4/c1-28-19-10-7-13(11-20(19)29-2)22(27)25-18-9-8-14(23)12-16(18)21(26)15-5-3-4-6-17(15)24/h3-12H,1-2H3,(H,25,27). The number of halogens is 2. The number of anilines is 1. The minimum Gasteiger partial charge on any atom is -0.493 e. The number of rotatable bonds is 6. The molecule has 0 saturated carbocycles. The van der Waals surface area contributed by atoms with Gasteiger partial charge in [-0.1, -0.05) is 35.3 Å². The highest BCUT2D eigenvalue weighted by atomic mass is 35.5. The number of hydrogen-bond acceptors (Lipinski definition) is 4. The lowest BCUT2D eigenvalue weighted by atomic mass is 10.0. The molecule has 3 aromatic rings. The third-order valence-electron chi connectivity index (χ3n) is 4.24. The van der Waals surface area contributed by atoms with Crippen LogP contribution >= 0.6 is 23.2 Å². The number of carbonyl (C=O) groups excluding carboxylic acids is 2. The van der Waals surface area contributed by atoms with Crippen LogP contribution in [0, 0.1) is 0 Å². The van der Waals surface area contributed by atoms with Crippen LogP contribution in [-0.2, 0) is 0 Å². The topological polar surface area (TPSA) is 64.6 Å². The second-order valence-corrected chi connectivity index (χ2v) is 6.87. The summed E-state index contributed by atoms with van der Waals surface area (Å²) in [6.07, 6.45) is 0. The molecule has 0 heterocycles. The molecule has 0 unspecified atom stereocenters. The van der Waals surface area contributed by atoms with Gasteiger partial charge in [0.1, 0.15) is 0 Å². The first-order valence-electron chi connectivity index (χ1n) is 8.56. The van der Waals surface area contributed by atoms with Crippen LogP contribution in [0.2, 0.25) is 10.0 Å². The highest BCUT2D eigenvalue weighted by molar-refractivity contribution is 6.36. The van der Waals surface area contributed by atoms with Gasteiger partial charge in [0.25, 0.3) is 5.91 Å². The summed E-state index contributed by atoms with van der Waals surface area (Å²) in [4.78, 5) is 25.8. The lowest BCUT2D eigenvalue weighted by molar-refractivity contribution is 0.102. The number of ketones is 1. The van der Waals surface area contributed by atoms with Crippen molar-refractivity contribution in [3.8, 4) is 11.5 Å². The number of carbonyl (C=O) groups is 2. The molecule has 0 aliphatic carbocycles. The fraction of sp³-hybridized carbons (Fsp3) is 0.0909. The molecule has 0 aromatic heterocycles. The van der Waals surface area contributed by atoms with Gasteiger partial charge in [-0.2, -0.15) is 0 Å². The summed E-state index contributed by atoms with van der Waals surface area (Å²) in [5.74, 6) is 0.163. The van der Waals surface area contributed by atoms with Crippen molar-refractivity contribution in [3.05, 3.63) is 87.4 Å². The van der Waals surface area contributed by atoms with Crippen molar-refractivity contribution in [2.24, 2.45) is 0 Å². The molecule has 0 radical (unpaired) electrons. The van der Waals surface area contributed by atoms with Gasteiger partial charge >= 0.3 is 0 Å². The van der Waals surface area contributed by atoms with Crippen molar-refractivity contribution in [1.29, 1.82) is 0 Å². The molecule has 0 fully saturated rings. The van der Waals surface area contributed by atoms with Gasteiger partial charge in [-0.25, -0.2) is 0 Å². The molecule has 1 amide bonds. The minimum absolute atomic E-state index is 0.236. The molecule has 0 bridgehead atoms. The van der Waals surface area contributed by atoms with Gasteiger partial charge in [0.15, 0.2) is 17.3 Å². The van der Waals surface area contributed by atoms with Crippen molar-refractivity contribution in [2.45, 2.75) is 0 Å². The second-order valence-electron chi connectivity index (χ2n) is 6.02. The Kier molecular flexibility index (Phi) is 6.42. The molecular formula is C22H17Cl2NO4. The predicted octanol–water partition coefficient (Wildman–Crippen LogP) is 5.49. The van der Waals surface area contributed by atoms with Gasteiger partial charge < -0.3 is 14.8 Å². The molecular weight excluding hydrogens is 413 g/mol. The Morgan fingerprint density at radius 2 is 1.55 bits per heavy atom. The summed E-state index contributed by atoms with van der Waals surface area (Å²) in [6, 6.07) is 16.1. The quantitative estimate of drug-likeness (QED) is 0.525. The van der Waals surface area contributed by atoms with Gasteiger partial charge in [-0.15, -0.1) is 0 Å². The second kappa shape index (κ2) is 8.99. The smallest absolute Gasteiger partial charge is 0.255 e. The first kappa shape index (κ1) is 20.7. The molecule has 0 spiro atoms. The zero-order valence-corrected chi connectivity index (χ0v) is 17.2. The molecule has 0 aliphatic rings. The number of ether oxygens (including phenoxy) is 2. The maximum Gasteiger partial charge on any atom is 0.255 e. The number of amides is 1. The number of methoxy groups -OCH3 is 2. The number of hydrogen-bond donors (Lipinski definition) is 1. The van der Waals surface area contributed by atoms with Crippen LogP contribution in [-0.4, -0.2) is 25.9 Å².